The predicted octanol–water partition coefficient (Wildman–Crippen LogP) is 4.77. The van der Waals surface area contributed by atoms with Crippen LogP contribution >= 0.6 is 31.9 Å². The number of aliphatic hydroxyl groups is 1. The molecule has 0 spiro atoms. The van der Waals surface area contributed by atoms with Crippen molar-refractivity contribution in [2.24, 2.45) is 0 Å². The van der Waals surface area contributed by atoms with Gasteiger partial charge in [-0.2, -0.15) is 0 Å². The average molecular weight is 486 g/mol. The molecule has 0 saturated carbocycles. The fraction of sp³-hybridized carbons (Fsp3) is 0.222. The summed E-state index contributed by atoms with van der Waals surface area (Å²) in [5.41, 5.74) is 0.946. The highest BCUT2D eigenvalue weighted by atomic mass is 79.9. The zero-order valence-corrected chi connectivity index (χ0v) is 16.9. The van der Waals surface area contributed by atoms with Gasteiger partial charge < -0.3 is 10.2 Å². The normalized spacial score (nSPS) is 12.5. The van der Waals surface area contributed by atoms with E-state index in [1.54, 1.807) is 0 Å². The van der Waals surface area contributed by atoms with Crippen molar-refractivity contribution in [3.05, 3.63) is 62.2 Å². The largest absolute Gasteiger partial charge is 0.506 e. The number of carbonyl (C=O) groups is 1. The Morgan fingerprint density at radius 3 is 2.58 bits per heavy atom. The molecule has 0 bridgehead atoms. The number of nitrogens with zero attached hydrogens (tertiary/aromatic N) is 2. The second-order valence-corrected chi connectivity index (χ2v) is 7.55. The third-order valence-electron chi connectivity index (χ3n) is 3.98. The van der Waals surface area contributed by atoms with Crippen LogP contribution in [0.2, 0.25) is 0 Å². The van der Waals surface area contributed by atoms with Crippen LogP contribution in [0.3, 0.4) is 0 Å². The molecule has 0 aliphatic rings. The summed E-state index contributed by atoms with van der Waals surface area (Å²) < 4.78 is 15.8. The summed E-state index contributed by atoms with van der Waals surface area (Å²) in [4.78, 5) is 17.5. The minimum atomic E-state index is -0.939. The molecule has 0 aliphatic heterocycles. The van der Waals surface area contributed by atoms with Crippen LogP contribution in [0.15, 0.2) is 39.4 Å². The molecule has 2 heterocycles. The summed E-state index contributed by atoms with van der Waals surface area (Å²) in [6, 6.07) is 5.64. The summed E-state index contributed by atoms with van der Waals surface area (Å²) in [6.45, 7) is 1.91. The molecule has 3 aromatic rings. The molecule has 2 aromatic heterocycles. The molecule has 0 aliphatic carbocycles. The predicted molar refractivity (Wildman–Crippen MR) is 102 cm³/mol. The average Bonchev–Trinajstić information content (AvgIpc) is 2.97. The molecular formula is C18H15Br2FN2O3. The quantitative estimate of drug-likeness (QED) is 0.510. The molecular weight excluding hydrogens is 471 g/mol. The summed E-state index contributed by atoms with van der Waals surface area (Å²) in [6.07, 6.45) is 1.36. The maximum absolute atomic E-state index is 13.8. The number of phenols is 1. The van der Waals surface area contributed by atoms with Crippen molar-refractivity contribution in [1.29, 1.82) is 0 Å². The first kappa shape index (κ1) is 19.0. The highest BCUT2D eigenvalue weighted by molar-refractivity contribution is 9.11. The van der Waals surface area contributed by atoms with Crippen LogP contribution in [0, 0.1) is 5.82 Å². The lowest BCUT2D eigenvalue weighted by molar-refractivity contribution is 0.102. The van der Waals surface area contributed by atoms with Gasteiger partial charge >= 0.3 is 0 Å². The fourth-order valence-electron chi connectivity index (χ4n) is 2.74. The van der Waals surface area contributed by atoms with Crippen molar-refractivity contribution < 1.29 is 19.4 Å². The van der Waals surface area contributed by atoms with Gasteiger partial charge in [-0.05, 0) is 62.5 Å². The molecule has 0 radical (unpaired) electrons. The SMILES string of the molecule is CCCC(O)c1nc2ccc(F)cn2c1C(=O)c1cc(Br)c(O)c(Br)c1. The number of pyridine rings is 1. The monoisotopic (exact) mass is 484 g/mol. The Hall–Kier alpha value is -1.77. The maximum Gasteiger partial charge on any atom is 0.211 e. The highest BCUT2D eigenvalue weighted by Crippen LogP contribution is 2.35. The molecule has 1 unspecified atom stereocenters. The summed E-state index contributed by atoms with van der Waals surface area (Å²) >= 11 is 6.40. The number of ketones is 1. The Labute approximate surface area is 165 Å². The van der Waals surface area contributed by atoms with Crippen LogP contribution in [0.25, 0.3) is 5.65 Å². The number of fused-ring (bicyclic) bond motifs is 1. The van der Waals surface area contributed by atoms with Crippen LogP contribution in [-0.4, -0.2) is 25.4 Å². The van der Waals surface area contributed by atoms with Gasteiger partial charge in [0.1, 0.15) is 22.9 Å². The van der Waals surface area contributed by atoms with Crippen LogP contribution in [-0.2, 0) is 0 Å². The fourth-order valence-corrected chi connectivity index (χ4v) is 3.92. The lowest BCUT2D eigenvalue weighted by Gasteiger charge is -2.11. The number of hydrogen-bond donors (Lipinski definition) is 2. The van der Waals surface area contributed by atoms with Gasteiger partial charge in [0.05, 0.1) is 20.7 Å². The summed E-state index contributed by atoms with van der Waals surface area (Å²) in [5, 5.41) is 20.3. The van der Waals surface area contributed by atoms with E-state index in [4.69, 9.17) is 0 Å². The lowest BCUT2D eigenvalue weighted by atomic mass is 10.0. The van der Waals surface area contributed by atoms with E-state index in [1.807, 2.05) is 6.92 Å². The van der Waals surface area contributed by atoms with Crippen molar-refractivity contribution in [2.45, 2.75) is 25.9 Å². The molecule has 8 heteroatoms. The Morgan fingerprint density at radius 2 is 1.96 bits per heavy atom. The number of halogens is 3. The number of rotatable bonds is 5. The molecule has 5 nitrogen and oxygen atoms in total. The lowest BCUT2D eigenvalue weighted by Crippen LogP contribution is -2.11. The van der Waals surface area contributed by atoms with Crippen molar-refractivity contribution in [3.8, 4) is 5.75 Å². The van der Waals surface area contributed by atoms with Crippen molar-refractivity contribution in [1.82, 2.24) is 9.38 Å². The molecule has 26 heavy (non-hydrogen) atoms. The number of imidazole rings is 1. The number of aliphatic hydroxyl groups excluding tert-OH is 1. The van der Waals surface area contributed by atoms with Gasteiger partial charge in [0.15, 0.2) is 0 Å². The summed E-state index contributed by atoms with van der Waals surface area (Å²) in [7, 11) is 0. The number of hydrogen-bond acceptors (Lipinski definition) is 4. The van der Waals surface area contributed by atoms with Gasteiger partial charge in [0, 0.05) is 11.8 Å². The Bertz CT molecular complexity index is 981. The van der Waals surface area contributed by atoms with Gasteiger partial charge in [0.2, 0.25) is 5.78 Å². The number of phenolic OH excluding ortho intramolecular Hbond substituents is 1. The van der Waals surface area contributed by atoms with Crippen LogP contribution in [0.1, 0.15) is 47.6 Å². The van der Waals surface area contributed by atoms with Crippen LogP contribution < -0.4 is 0 Å². The standard InChI is InChI=1S/C18H15Br2FN2O3/c1-2-3-13(24)15-16(23-8-10(21)4-5-14(23)22-15)17(25)9-6-11(19)18(26)12(20)7-9/h4-8,13,24,26H,2-3H2,1H3. The second kappa shape index (κ2) is 7.46. The van der Waals surface area contributed by atoms with Crippen molar-refractivity contribution >= 4 is 43.3 Å². The second-order valence-electron chi connectivity index (χ2n) is 5.84. The first-order valence-electron chi connectivity index (χ1n) is 7.91. The van der Waals surface area contributed by atoms with E-state index in [0.29, 0.717) is 27.4 Å². The minimum absolute atomic E-state index is 0.0306. The first-order chi connectivity index (χ1) is 12.3. The molecule has 1 aromatic carbocycles. The summed E-state index contributed by atoms with van der Waals surface area (Å²) in [5.74, 6) is -0.986. The number of aromatic hydroxyl groups is 1. The van der Waals surface area contributed by atoms with E-state index in [1.165, 1.54) is 34.9 Å². The van der Waals surface area contributed by atoms with E-state index in [-0.39, 0.29) is 22.7 Å². The zero-order valence-electron chi connectivity index (χ0n) is 13.7. The Balaban J connectivity index is 2.23. The Morgan fingerprint density at radius 1 is 1.31 bits per heavy atom. The molecule has 0 amide bonds. The smallest absolute Gasteiger partial charge is 0.211 e. The van der Waals surface area contributed by atoms with E-state index in [0.717, 1.165) is 0 Å². The molecule has 2 N–H and O–H groups in total. The van der Waals surface area contributed by atoms with Gasteiger partial charge in [-0.3, -0.25) is 9.20 Å². The topological polar surface area (TPSA) is 74.8 Å². The molecule has 0 fully saturated rings. The molecule has 0 saturated heterocycles. The van der Waals surface area contributed by atoms with Crippen molar-refractivity contribution in [3.63, 3.8) is 0 Å². The number of carbonyl (C=O) groups excluding carboxylic acids is 1. The minimum Gasteiger partial charge on any atom is -0.506 e. The molecule has 136 valence electrons. The Kier molecular flexibility index (Phi) is 5.45. The van der Waals surface area contributed by atoms with E-state index in [2.05, 4.69) is 36.8 Å². The van der Waals surface area contributed by atoms with Gasteiger partial charge in [-0.15, -0.1) is 0 Å². The van der Waals surface area contributed by atoms with E-state index >= 15 is 0 Å². The third-order valence-corrected chi connectivity index (χ3v) is 5.19. The van der Waals surface area contributed by atoms with Crippen molar-refractivity contribution in [2.75, 3.05) is 0 Å². The van der Waals surface area contributed by atoms with Crippen LogP contribution in [0.5, 0.6) is 5.75 Å². The number of benzene rings is 1. The zero-order chi connectivity index (χ0) is 19.0. The van der Waals surface area contributed by atoms with E-state index in [9.17, 15) is 19.4 Å². The maximum atomic E-state index is 13.8. The van der Waals surface area contributed by atoms with Gasteiger partial charge in [0.25, 0.3) is 0 Å². The highest BCUT2D eigenvalue weighted by Gasteiger charge is 2.26. The van der Waals surface area contributed by atoms with Crippen LogP contribution in [0.4, 0.5) is 4.39 Å². The first-order valence-corrected chi connectivity index (χ1v) is 9.50. The molecule has 3 rings (SSSR count). The third kappa shape index (κ3) is 3.41. The number of aromatic nitrogens is 2. The van der Waals surface area contributed by atoms with Gasteiger partial charge in [-0.1, -0.05) is 13.3 Å². The van der Waals surface area contributed by atoms with E-state index < -0.39 is 17.7 Å². The molecule has 1 atom stereocenters. The van der Waals surface area contributed by atoms with Gasteiger partial charge in [-0.25, -0.2) is 9.37 Å².